The number of hydrogen-bond donors (Lipinski definition) is 1. The molecule has 0 saturated heterocycles. The lowest BCUT2D eigenvalue weighted by Crippen LogP contribution is -2.53. The highest BCUT2D eigenvalue weighted by atomic mass is 16.3. The van der Waals surface area contributed by atoms with Crippen LogP contribution in [0, 0.1) is 34.5 Å². The highest BCUT2D eigenvalue weighted by Crippen LogP contribution is 2.67. The van der Waals surface area contributed by atoms with E-state index in [1.54, 1.807) is 5.57 Å². The van der Waals surface area contributed by atoms with Crippen LogP contribution in [0.15, 0.2) is 12.2 Å². The Balaban J connectivity index is 1.64. The maximum atomic E-state index is 10.1. The van der Waals surface area contributed by atoms with E-state index in [9.17, 15) is 5.11 Å². The molecule has 0 radical (unpaired) electrons. The molecular formula is C20H32O. The lowest BCUT2D eigenvalue weighted by molar-refractivity contribution is -0.116. The Kier molecular flexibility index (Phi) is 3.13. The second kappa shape index (κ2) is 4.60. The zero-order chi connectivity index (χ0) is 14.8. The lowest BCUT2D eigenvalue weighted by atomic mass is 9.45. The van der Waals surface area contributed by atoms with Gasteiger partial charge in [0.15, 0.2) is 0 Å². The van der Waals surface area contributed by atoms with Crippen LogP contribution in [0.1, 0.15) is 71.6 Å². The van der Waals surface area contributed by atoms with Gasteiger partial charge in [-0.1, -0.05) is 26.0 Å². The van der Waals surface area contributed by atoms with Gasteiger partial charge in [0.05, 0.1) is 6.10 Å². The Morgan fingerprint density at radius 1 is 1.00 bits per heavy atom. The topological polar surface area (TPSA) is 20.2 Å². The smallest absolute Gasteiger partial charge is 0.0543 e. The molecule has 0 amide bonds. The average molecular weight is 288 g/mol. The molecule has 0 aliphatic heterocycles. The second-order valence-electron chi connectivity index (χ2n) is 9.18. The summed E-state index contributed by atoms with van der Waals surface area (Å²) in [4.78, 5) is 0. The van der Waals surface area contributed by atoms with Gasteiger partial charge in [0.25, 0.3) is 0 Å². The minimum absolute atomic E-state index is 0.0141. The Morgan fingerprint density at radius 2 is 1.81 bits per heavy atom. The van der Waals surface area contributed by atoms with Crippen LogP contribution < -0.4 is 0 Å². The van der Waals surface area contributed by atoms with E-state index < -0.39 is 0 Å². The fraction of sp³-hybridized carbons (Fsp3) is 0.900. The summed E-state index contributed by atoms with van der Waals surface area (Å²) in [5, 5.41) is 10.1. The molecule has 1 heteroatoms. The first-order chi connectivity index (χ1) is 9.95. The summed E-state index contributed by atoms with van der Waals surface area (Å²) in [6.07, 6.45) is 11.6. The molecule has 4 saturated carbocycles. The number of fused-ring (bicyclic) bond motifs is 5. The molecular weight excluding hydrogens is 256 g/mol. The molecule has 4 aliphatic rings. The monoisotopic (exact) mass is 288 g/mol. The molecule has 4 fully saturated rings. The minimum atomic E-state index is -0.0141. The van der Waals surface area contributed by atoms with E-state index in [-0.39, 0.29) is 6.10 Å². The summed E-state index contributed by atoms with van der Waals surface area (Å²) in [6.45, 7) is 9.52. The van der Waals surface area contributed by atoms with E-state index in [0.29, 0.717) is 10.8 Å². The van der Waals surface area contributed by atoms with Gasteiger partial charge in [0.2, 0.25) is 0 Å². The maximum Gasteiger partial charge on any atom is 0.0543 e. The first kappa shape index (κ1) is 14.3. The van der Waals surface area contributed by atoms with Crippen molar-refractivity contribution in [2.45, 2.75) is 77.7 Å². The first-order valence-electron chi connectivity index (χ1n) is 9.31. The van der Waals surface area contributed by atoms with Crippen molar-refractivity contribution < 1.29 is 5.11 Å². The normalized spacial score (nSPS) is 56.5. The molecule has 21 heavy (non-hydrogen) atoms. The summed E-state index contributed by atoms with van der Waals surface area (Å²) in [5.74, 6) is 3.57. The molecule has 118 valence electrons. The number of aliphatic hydroxyl groups excluding tert-OH is 1. The van der Waals surface area contributed by atoms with Crippen LogP contribution in [0.2, 0.25) is 0 Å². The van der Waals surface area contributed by atoms with Crippen LogP contribution in [0.3, 0.4) is 0 Å². The van der Waals surface area contributed by atoms with Gasteiger partial charge >= 0.3 is 0 Å². The molecule has 0 heterocycles. The van der Waals surface area contributed by atoms with Gasteiger partial charge in [-0.05, 0) is 92.3 Å². The highest BCUT2D eigenvalue weighted by molar-refractivity contribution is 5.21. The van der Waals surface area contributed by atoms with Gasteiger partial charge in [-0.2, -0.15) is 0 Å². The standard InChI is InChI=1S/C20H32O/c1-13-4-7-17-16-6-5-14-12-15(21)8-10-20(14,3)18(16)9-11-19(13,17)2/h14-18,21H,1,4-12H2,2-3H3/t14-,15-,16+,17+,18+,19-,20+/m1/s1. The minimum Gasteiger partial charge on any atom is -0.393 e. The third-order valence-corrected chi connectivity index (χ3v) is 8.59. The fourth-order valence-electron chi connectivity index (χ4n) is 7.14. The van der Waals surface area contributed by atoms with Crippen molar-refractivity contribution in [2.75, 3.05) is 0 Å². The predicted octanol–water partition coefficient (Wildman–Crippen LogP) is 4.95. The summed E-state index contributed by atoms with van der Waals surface area (Å²) in [5.41, 5.74) is 2.53. The van der Waals surface area contributed by atoms with Crippen molar-refractivity contribution >= 4 is 0 Å². The van der Waals surface area contributed by atoms with Crippen molar-refractivity contribution in [3.63, 3.8) is 0 Å². The van der Waals surface area contributed by atoms with Gasteiger partial charge in [0, 0.05) is 0 Å². The van der Waals surface area contributed by atoms with E-state index in [4.69, 9.17) is 0 Å². The van der Waals surface area contributed by atoms with Crippen LogP contribution in [0.25, 0.3) is 0 Å². The third kappa shape index (κ3) is 1.85. The van der Waals surface area contributed by atoms with Crippen LogP contribution in [-0.4, -0.2) is 11.2 Å². The van der Waals surface area contributed by atoms with Crippen molar-refractivity contribution in [2.24, 2.45) is 34.5 Å². The molecule has 1 N–H and O–H groups in total. The summed E-state index contributed by atoms with van der Waals surface area (Å²) in [7, 11) is 0. The molecule has 0 unspecified atom stereocenters. The molecule has 0 spiro atoms. The van der Waals surface area contributed by atoms with Gasteiger partial charge in [-0.25, -0.2) is 0 Å². The van der Waals surface area contributed by atoms with Gasteiger partial charge < -0.3 is 5.11 Å². The molecule has 1 nitrogen and oxygen atoms in total. The summed E-state index contributed by atoms with van der Waals surface area (Å²) < 4.78 is 0. The molecule has 0 aromatic carbocycles. The predicted molar refractivity (Wildman–Crippen MR) is 86.9 cm³/mol. The number of allylic oxidation sites excluding steroid dienone is 1. The van der Waals surface area contributed by atoms with E-state index in [2.05, 4.69) is 20.4 Å². The Labute approximate surface area is 130 Å². The van der Waals surface area contributed by atoms with Gasteiger partial charge in [-0.3, -0.25) is 0 Å². The van der Waals surface area contributed by atoms with Crippen molar-refractivity contribution in [3.8, 4) is 0 Å². The first-order valence-corrected chi connectivity index (χ1v) is 9.31. The van der Waals surface area contributed by atoms with E-state index in [1.165, 1.54) is 44.9 Å². The molecule has 0 aromatic rings. The maximum absolute atomic E-state index is 10.1. The van der Waals surface area contributed by atoms with Crippen molar-refractivity contribution in [1.29, 1.82) is 0 Å². The molecule has 4 rings (SSSR count). The molecule has 0 aromatic heterocycles. The van der Waals surface area contributed by atoms with E-state index in [0.717, 1.165) is 36.5 Å². The van der Waals surface area contributed by atoms with Gasteiger partial charge in [0.1, 0.15) is 0 Å². The van der Waals surface area contributed by atoms with E-state index in [1.807, 2.05) is 0 Å². The van der Waals surface area contributed by atoms with Crippen LogP contribution in [-0.2, 0) is 0 Å². The second-order valence-corrected chi connectivity index (χ2v) is 9.18. The largest absolute Gasteiger partial charge is 0.393 e. The highest BCUT2D eigenvalue weighted by Gasteiger charge is 2.58. The number of hydrogen-bond acceptors (Lipinski definition) is 1. The van der Waals surface area contributed by atoms with Gasteiger partial charge in [-0.15, -0.1) is 0 Å². The Hall–Kier alpha value is -0.300. The number of rotatable bonds is 0. The Bertz CT molecular complexity index is 455. The van der Waals surface area contributed by atoms with Crippen LogP contribution in [0.4, 0.5) is 0 Å². The van der Waals surface area contributed by atoms with Crippen molar-refractivity contribution in [1.82, 2.24) is 0 Å². The summed E-state index contributed by atoms with van der Waals surface area (Å²) in [6, 6.07) is 0. The SMILES string of the molecule is C=C1CC[C@H]2[C@@H]3CC[C@@H]4C[C@H](O)CC[C@]4(C)[C@H]3CC[C@]12C. The lowest BCUT2D eigenvalue weighted by Gasteiger charge is -2.60. The van der Waals surface area contributed by atoms with E-state index >= 15 is 0 Å². The number of aliphatic hydroxyl groups is 1. The fourth-order valence-corrected chi connectivity index (χ4v) is 7.14. The average Bonchev–Trinajstić information content (AvgIpc) is 2.76. The van der Waals surface area contributed by atoms with Crippen LogP contribution >= 0.6 is 0 Å². The Morgan fingerprint density at radius 3 is 2.62 bits per heavy atom. The molecule has 4 aliphatic carbocycles. The van der Waals surface area contributed by atoms with Crippen LogP contribution in [0.5, 0.6) is 0 Å². The zero-order valence-electron chi connectivity index (χ0n) is 13.9. The van der Waals surface area contributed by atoms with Crippen molar-refractivity contribution in [3.05, 3.63) is 12.2 Å². The molecule has 0 bridgehead atoms. The summed E-state index contributed by atoms with van der Waals surface area (Å²) >= 11 is 0. The molecule has 7 atom stereocenters. The third-order valence-electron chi connectivity index (χ3n) is 8.59. The zero-order valence-corrected chi connectivity index (χ0v) is 13.9. The quantitative estimate of drug-likeness (QED) is 0.626.